The first-order valence-electron chi connectivity index (χ1n) is 5.21. The lowest BCUT2D eigenvalue weighted by molar-refractivity contribution is 0.356. The molecule has 0 amide bonds. The number of fused-ring (bicyclic) bond motifs is 2. The van der Waals surface area contributed by atoms with Crippen molar-refractivity contribution in [3.05, 3.63) is 23.3 Å². The van der Waals surface area contributed by atoms with Gasteiger partial charge in [0.25, 0.3) is 0 Å². The van der Waals surface area contributed by atoms with Gasteiger partial charge in [-0.2, -0.15) is 0 Å². The molecule has 1 aromatic rings. The van der Waals surface area contributed by atoms with Crippen LogP contribution < -0.4 is 10.1 Å². The summed E-state index contributed by atoms with van der Waals surface area (Å²) in [4.78, 5) is 0. The predicted octanol–water partition coefficient (Wildman–Crippen LogP) is 2.32. The summed E-state index contributed by atoms with van der Waals surface area (Å²) < 4.78 is 5.59. The summed E-state index contributed by atoms with van der Waals surface area (Å²) in [5, 5.41) is 3.46. The van der Waals surface area contributed by atoms with Gasteiger partial charge in [-0.15, -0.1) is 0 Å². The highest BCUT2D eigenvalue weighted by Gasteiger charge is 2.31. The number of benzene rings is 1. The first-order chi connectivity index (χ1) is 6.67. The van der Waals surface area contributed by atoms with Crippen LogP contribution in [0.1, 0.15) is 25.0 Å². The van der Waals surface area contributed by atoms with Crippen molar-refractivity contribution in [2.75, 3.05) is 18.5 Å². The van der Waals surface area contributed by atoms with Gasteiger partial charge in [-0.05, 0) is 23.3 Å². The van der Waals surface area contributed by atoms with Crippen LogP contribution in [0.25, 0.3) is 0 Å². The van der Waals surface area contributed by atoms with Crippen molar-refractivity contribution in [1.29, 1.82) is 0 Å². The van der Waals surface area contributed by atoms with E-state index in [0.29, 0.717) is 0 Å². The molecule has 2 heterocycles. The van der Waals surface area contributed by atoms with Crippen molar-refractivity contribution in [2.45, 2.75) is 25.7 Å². The van der Waals surface area contributed by atoms with Crippen LogP contribution in [0.5, 0.6) is 5.75 Å². The van der Waals surface area contributed by atoms with Gasteiger partial charge in [-0.25, -0.2) is 0 Å². The van der Waals surface area contributed by atoms with Crippen LogP contribution in [0, 0.1) is 0 Å². The van der Waals surface area contributed by atoms with Gasteiger partial charge < -0.3 is 10.1 Å². The van der Waals surface area contributed by atoms with E-state index >= 15 is 0 Å². The Morgan fingerprint density at radius 1 is 1.36 bits per heavy atom. The van der Waals surface area contributed by atoms with E-state index in [9.17, 15) is 0 Å². The van der Waals surface area contributed by atoms with Crippen LogP contribution in [0.3, 0.4) is 0 Å². The van der Waals surface area contributed by atoms with Crippen LogP contribution in [-0.4, -0.2) is 13.2 Å². The van der Waals surface area contributed by atoms with E-state index in [0.717, 1.165) is 25.3 Å². The summed E-state index contributed by atoms with van der Waals surface area (Å²) in [5.41, 5.74) is 4.31. The maximum atomic E-state index is 5.59. The molecule has 2 aliphatic heterocycles. The molecule has 0 aromatic heterocycles. The first kappa shape index (κ1) is 8.16. The van der Waals surface area contributed by atoms with E-state index in [2.05, 4.69) is 31.3 Å². The summed E-state index contributed by atoms with van der Waals surface area (Å²) in [6, 6.07) is 4.48. The minimum Gasteiger partial charge on any atom is -0.493 e. The molecule has 1 N–H and O–H groups in total. The molecule has 14 heavy (non-hydrogen) atoms. The molecular formula is C12H15NO. The third-order valence-corrected chi connectivity index (χ3v) is 3.28. The van der Waals surface area contributed by atoms with Crippen LogP contribution in [-0.2, 0) is 11.8 Å². The highest BCUT2D eigenvalue weighted by Crippen LogP contribution is 2.41. The number of nitrogens with one attached hydrogen (secondary N) is 1. The zero-order valence-electron chi connectivity index (χ0n) is 8.68. The average Bonchev–Trinajstić information content (AvgIpc) is 2.69. The highest BCUT2D eigenvalue weighted by atomic mass is 16.5. The molecule has 0 bridgehead atoms. The fraction of sp³-hybridized carbons (Fsp3) is 0.500. The molecule has 0 unspecified atom stereocenters. The van der Waals surface area contributed by atoms with Crippen molar-refractivity contribution in [2.24, 2.45) is 0 Å². The lowest BCUT2D eigenvalue weighted by Gasteiger charge is -2.17. The minimum atomic E-state index is 0.246. The lowest BCUT2D eigenvalue weighted by Crippen LogP contribution is -2.18. The van der Waals surface area contributed by atoms with Crippen molar-refractivity contribution < 1.29 is 4.74 Å². The minimum absolute atomic E-state index is 0.246. The molecule has 0 spiro atoms. The fourth-order valence-corrected chi connectivity index (χ4v) is 2.34. The van der Waals surface area contributed by atoms with Gasteiger partial charge in [0.15, 0.2) is 0 Å². The fourth-order valence-electron chi connectivity index (χ4n) is 2.34. The normalized spacial score (nSPS) is 21.0. The molecule has 0 radical (unpaired) electrons. The van der Waals surface area contributed by atoms with Crippen molar-refractivity contribution in [3.8, 4) is 5.75 Å². The Balaban J connectivity index is 2.18. The molecule has 2 nitrogen and oxygen atoms in total. The molecule has 3 rings (SSSR count). The summed E-state index contributed by atoms with van der Waals surface area (Å²) in [6.07, 6.45) is 1.06. The van der Waals surface area contributed by atoms with E-state index in [4.69, 9.17) is 4.74 Å². The lowest BCUT2D eigenvalue weighted by atomic mass is 9.86. The average molecular weight is 189 g/mol. The van der Waals surface area contributed by atoms with Gasteiger partial charge in [0, 0.05) is 24.1 Å². The maximum Gasteiger partial charge on any atom is 0.123 e. The number of ether oxygens (including phenoxy) is 1. The monoisotopic (exact) mass is 189 g/mol. The van der Waals surface area contributed by atoms with Crippen molar-refractivity contribution >= 4 is 5.69 Å². The Morgan fingerprint density at radius 2 is 2.21 bits per heavy atom. The largest absolute Gasteiger partial charge is 0.493 e. The van der Waals surface area contributed by atoms with E-state index < -0.39 is 0 Å². The smallest absolute Gasteiger partial charge is 0.123 e. The molecular weight excluding hydrogens is 174 g/mol. The molecule has 0 saturated heterocycles. The van der Waals surface area contributed by atoms with Gasteiger partial charge in [-0.1, -0.05) is 13.8 Å². The molecule has 0 fully saturated rings. The van der Waals surface area contributed by atoms with Gasteiger partial charge in [-0.3, -0.25) is 0 Å². The van der Waals surface area contributed by atoms with E-state index in [-0.39, 0.29) is 5.41 Å². The topological polar surface area (TPSA) is 21.3 Å². The summed E-state index contributed by atoms with van der Waals surface area (Å²) >= 11 is 0. The van der Waals surface area contributed by atoms with Crippen LogP contribution in [0.2, 0.25) is 0 Å². The molecule has 1 aromatic carbocycles. The van der Waals surface area contributed by atoms with E-state index in [1.54, 1.807) is 0 Å². The second kappa shape index (κ2) is 2.44. The molecule has 2 heteroatoms. The van der Waals surface area contributed by atoms with E-state index in [1.165, 1.54) is 16.8 Å². The zero-order valence-corrected chi connectivity index (χ0v) is 8.68. The Hall–Kier alpha value is -1.18. The Morgan fingerprint density at radius 3 is 3.07 bits per heavy atom. The quantitative estimate of drug-likeness (QED) is 0.676. The van der Waals surface area contributed by atoms with Gasteiger partial charge in [0.2, 0.25) is 0 Å². The van der Waals surface area contributed by atoms with E-state index in [1.807, 2.05) is 0 Å². The molecule has 74 valence electrons. The highest BCUT2D eigenvalue weighted by molar-refractivity contribution is 5.65. The molecule has 0 saturated carbocycles. The third-order valence-electron chi connectivity index (χ3n) is 3.28. The van der Waals surface area contributed by atoms with Crippen LogP contribution in [0.15, 0.2) is 12.1 Å². The first-order valence-corrected chi connectivity index (χ1v) is 5.21. The number of rotatable bonds is 0. The van der Waals surface area contributed by atoms with Gasteiger partial charge in [0.05, 0.1) is 6.61 Å². The third kappa shape index (κ3) is 0.969. The molecule has 0 aliphatic carbocycles. The maximum absolute atomic E-state index is 5.59. The SMILES string of the molecule is CC1(C)CNc2cc3c(cc21)OCC3. The summed E-state index contributed by atoms with van der Waals surface area (Å²) in [5.74, 6) is 1.10. The predicted molar refractivity (Wildman–Crippen MR) is 57.2 cm³/mol. The standard InChI is InChI=1S/C12H15NO/c1-12(2)7-13-10-5-8-3-4-14-11(8)6-9(10)12/h5-6,13H,3-4,7H2,1-2H3. The molecule has 2 aliphatic rings. The Bertz CT molecular complexity index is 396. The summed E-state index contributed by atoms with van der Waals surface area (Å²) in [7, 11) is 0. The Kier molecular flexibility index (Phi) is 1.42. The Labute approximate surface area is 84.3 Å². The summed E-state index contributed by atoms with van der Waals surface area (Å²) in [6.45, 7) is 6.42. The molecule has 0 atom stereocenters. The van der Waals surface area contributed by atoms with Gasteiger partial charge >= 0.3 is 0 Å². The van der Waals surface area contributed by atoms with Gasteiger partial charge in [0.1, 0.15) is 5.75 Å². The number of hydrogen-bond acceptors (Lipinski definition) is 2. The number of anilines is 1. The van der Waals surface area contributed by atoms with Crippen LogP contribution >= 0.6 is 0 Å². The van der Waals surface area contributed by atoms with Crippen molar-refractivity contribution in [3.63, 3.8) is 0 Å². The second-order valence-electron chi connectivity index (χ2n) is 4.84. The second-order valence-corrected chi connectivity index (χ2v) is 4.84. The zero-order chi connectivity index (χ0) is 9.76. The van der Waals surface area contributed by atoms with Crippen LogP contribution in [0.4, 0.5) is 5.69 Å². The van der Waals surface area contributed by atoms with Crippen molar-refractivity contribution in [1.82, 2.24) is 0 Å². The number of hydrogen-bond donors (Lipinski definition) is 1.